The van der Waals surface area contributed by atoms with Crippen LogP contribution in [0.2, 0.25) is 0 Å². The molecule has 0 fully saturated rings. The van der Waals surface area contributed by atoms with Gasteiger partial charge in [0.05, 0.1) is 0 Å². The maximum Gasteiger partial charge on any atom is -0.00264 e. The van der Waals surface area contributed by atoms with E-state index >= 15 is 0 Å². The lowest BCUT2D eigenvalue weighted by Gasteiger charge is -2.16. The lowest BCUT2D eigenvalue weighted by molar-refractivity contribution is 1.50. The van der Waals surface area contributed by atoms with E-state index in [-0.39, 0.29) is 0 Å². The van der Waals surface area contributed by atoms with E-state index in [1.54, 1.807) is 0 Å². The fourth-order valence-electron chi connectivity index (χ4n) is 7.74. The Kier molecular flexibility index (Phi) is 7.14. The molecular weight excluding hydrogens is 589 g/mol. The molecule has 49 heavy (non-hydrogen) atoms. The summed E-state index contributed by atoms with van der Waals surface area (Å²) in [5, 5.41) is 12.7. The first-order valence-corrected chi connectivity index (χ1v) is 17.0. The van der Waals surface area contributed by atoms with E-state index in [2.05, 4.69) is 195 Å². The lowest BCUT2D eigenvalue weighted by atomic mass is 9.87. The van der Waals surface area contributed by atoms with Crippen molar-refractivity contribution < 1.29 is 0 Å². The third-order valence-corrected chi connectivity index (χ3v) is 10.0. The zero-order valence-corrected chi connectivity index (χ0v) is 27.4. The van der Waals surface area contributed by atoms with E-state index < -0.39 is 0 Å². The van der Waals surface area contributed by atoms with Crippen LogP contribution in [0.1, 0.15) is 5.56 Å². The first kappa shape index (κ1) is 28.9. The number of benzene rings is 8. The number of aryl methyl sites for hydroxylation is 1. The summed E-state index contributed by atoms with van der Waals surface area (Å²) in [6.45, 7) is 2.25. The van der Waals surface area contributed by atoms with E-state index in [0.717, 1.165) is 0 Å². The van der Waals surface area contributed by atoms with E-state index in [9.17, 15) is 0 Å². The fourth-order valence-corrected chi connectivity index (χ4v) is 7.74. The van der Waals surface area contributed by atoms with Gasteiger partial charge in [-0.05, 0) is 106 Å². The van der Waals surface area contributed by atoms with E-state index in [4.69, 9.17) is 0 Å². The number of hydrogen-bond acceptors (Lipinski definition) is 0. The summed E-state index contributed by atoms with van der Waals surface area (Å²) < 4.78 is 0. The number of fused-ring (bicyclic) bond motifs is 7. The SMILES string of the molecule is Cc1cccccc(-c2ccc(-c3cccc4ccccc34)cc2)c2ccccc2c1-c1cc2ccc3ccccc3c2c2ccccc12. The fraction of sp³-hybridized carbons (Fsp3) is 0.0204. The molecule has 0 aliphatic carbocycles. The molecule has 9 rings (SSSR count). The highest BCUT2D eigenvalue weighted by atomic mass is 14.2. The molecule has 0 N–H and O–H groups in total. The van der Waals surface area contributed by atoms with Crippen molar-refractivity contribution in [3.63, 3.8) is 0 Å². The molecule has 9 aromatic rings. The summed E-state index contributed by atoms with van der Waals surface area (Å²) >= 11 is 0. The van der Waals surface area contributed by atoms with Gasteiger partial charge in [0.2, 0.25) is 0 Å². The molecule has 0 bridgehead atoms. The molecular formula is C49H34. The van der Waals surface area contributed by atoms with Crippen LogP contribution in [0.15, 0.2) is 188 Å². The van der Waals surface area contributed by atoms with Crippen LogP contribution in [0.4, 0.5) is 0 Å². The average molecular weight is 623 g/mol. The minimum atomic E-state index is 1.19. The van der Waals surface area contributed by atoms with Gasteiger partial charge in [0.1, 0.15) is 0 Å². The third kappa shape index (κ3) is 5.01. The van der Waals surface area contributed by atoms with Crippen LogP contribution >= 0.6 is 0 Å². The summed E-state index contributed by atoms with van der Waals surface area (Å²) in [7, 11) is 0. The van der Waals surface area contributed by atoms with Crippen LogP contribution in [-0.2, 0) is 0 Å². The van der Waals surface area contributed by atoms with Crippen LogP contribution < -0.4 is 0 Å². The van der Waals surface area contributed by atoms with Gasteiger partial charge in [-0.25, -0.2) is 0 Å². The first-order valence-electron chi connectivity index (χ1n) is 17.0. The second-order valence-electron chi connectivity index (χ2n) is 12.9. The molecule has 0 spiro atoms. The van der Waals surface area contributed by atoms with Crippen molar-refractivity contribution in [3.8, 4) is 33.4 Å². The second-order valence-corrected chi connectivity index (χ2v) is 12.9. The molecule has 0 atom stereocenters. The predicted molar refractivity (Wildman–Crippen MR) is 213 cm³/mol. The minimum absolute atomic E-state index is 1.19. The van der Waals surface area contributed by atoms with Gasteiger partial charge in [0.25, 0.3) is 0 Å². The van der Waals surface area contributed by atoms with Gasteiger partial charge >= 0.3 is 0 Å². The van der Waals surface area contributed by atoms with Crippen molar-refractivity contribution in [1.29, 1.82) is 0 Å². The summed E-state index contributed by atoms with van der Waals surface area (Å²) in [5.41, 5.74) is 8.61. The molecule has 0 heteroatoms. The van der Waals surface area contributed by atoms with E-state index in [1.165, 1.54) is 92.8 Å². The maximum absolute atomic E-state index is 2.41. The van der Waals surface area contributed by atoms with Gasteiger partial charge in [0, 0.05) is 0 Å². The molecule has 0 amide bonds. The van der Waals surface area contributed by atoms with Gasteiger partial charge in [-0.3, -0.25) is 0 Å². The summed E-state index contributed by atoms with van der Waals surface area (Å²) in [6, 6.07) is 68.8. The molecule has 0 nitrogen and oxygen atoms in total. The van der Waals surface area contributed by atoms with Crippen LogP contribution in [-0.4, -0.2) is 0 Å². The van der Waals surface area contributed by atoms with Crippen molar-refractivity contribution in [2.45, 2.75) is 6.92 Å². The Labute approximate surface area is 286 Å². The minimum Gasteiger partial charge on any atom is -0.0622 e. The van der Waals surface area contributed by atoms with Crippen molar-refractivity contribution in [2.75, 3.05) is 0 Å². The Balaban J connectivity index is 1.32. The molecule has 0 aliphatic rings. The van der Waals surface area contributed by atoms with Gasteiger partial charge in [-0.15, -0.1) is 0 Å². The van der Waals surface area contributed by atoms with Crippen molar-refractivity contribution in [1.82, 2.24) is 0 Å². The zero-order chi connectivity index (χ0) is 32.7. The highest BCUT2D eigenvalue weighted by Crippen LogP contribution is 2.42. The predicted octanol–water partition coefficient (Wildman–Crippen LogP) is 13.9. The number of rotatable bonds is 3. The molecule has 0 radical (unpaired) electrons. The average Bonchev–Trinajstić information content (AvgIpc) is 3.16. The van der Waals surface area contributed by atoms with Crippen LogP contribution in [0.5, 0.6) is 0 Å². The summed E-state index contributed by atoms with van der Waals surface area (Å²) in [4.78, 5) is 0. The lowest BCUT2D eigenvalue weighted by Crippen LogP contribution is -1.90. The monoisotopic (exact) mass is 622 g/mol. The maximum atomic E-state index is 2.41. The molecule has 0 saturated carbocycles. The van der Waals surface area contributed by atoms with Crippen molar-refractivity contribution in [3.05, 3.63) is 194 Å². The van der Waals surface area contributed by atoms with Crippen LogP contribution in [0.25, 0.3) is 87.2 Å². The van der Waals surface area contributed by atoms with Crippen molar-refractivity contribution >= 4 is 53.9 Å². The highest BCUT2D eigenvalue weighted by Gasteiger charge is 2.15. The second kappa shape index (κ2) is 12.1. The Morgan fingerprint density at radius 3 is 1.49 bits per heavy atom. The molecule has 230 valence electrons. The first-order chi connectivity index (χ1) is 24.2. The van der Waals surface area contributed by atoms with Crippen molar-refractivity contribution in [2.24, 2.45) is 0 Å². The Bertz CT molecular complexity index is 2760. The normalized spacial score (nSPS) is 11.4. The highest BCUT2D eigenvalue weighted by molar-refractivity contribution is 6.24. The Morgan fingerprint density at radius 2 is 0.755 bits per heavy atom. The van der Waals surface area contributed by atoms with Crippen LogP contribution in [0.3, 0.4) is 0 Å². The standard InChI is InChI=1S/C49H34/c1-33-14-3-2-4-18-41(37-28-26-36(27-29-37)40-25-13-17-34-15-5-7-19-39(34)40)43-21-9-11-23-45(43)48(33)47-32-38-31-30-35-16-6-8-20-42(35)49(38)46-24-12-10-22-44(46)47/h2-32H,1H3. The Morgan fingerprint density at radius 1 is 0.286 bits per heavy atom. The number of hydrogen-bond donors (Lipinski definition) is 0. The third-order valence-electron chi connectivity index (χ3n) is 10.0. The summed E-state index contributed by atoms with van der Waals surface area (Å²) in [5.74, 6) is 0. The molecule has 0 unspecified atom stereocenters. The van der Waals surface area contributed by atoms with Crippen LogP contribution in [0, 0.1) is 6.92 Å². The molecule has 0 heterocycles. The zero-order valence-electron chi connectivity index (χ0n) is 27.4. The largest absolute Gasteiger partial charge is 0.0622 e. The molecule has 0 aromatic heterocycles. The smallest absolute Gasteiger partial charge is 0.00264 e. The molecule has 9 aromatic carbocycles. The molecule has 0 aliphatic heterocycles. The quantitative estimate of drug-likeness (QED) is 0.172. The Hall–Kier alpha value is -6.24. The van der Waals surface area contributed by atoms with E-state index in [0.29, 0.717) is 0 Å². The van der Waals surface area contributed by atoms with E-state index in [1.807, 2.05) is 0 Å². The van der Waals surface area contributed by atoms with Gasteiger partial charge < -0.3 is 0 Å². The summed E-state index contributed by atoms with van der Waals surface area (Å²) in [6.07, 6.45) is 0. The topological polar surface area (TPSA) is 0 Å². The van der Waals surface area contributed by atoms with Gasteiger partial charge in [-0.1, -0.05) is 182 Å². The van der Waals surface area contributed by atoms with Gasteiger partial charge in [-0.2, -0.15) is 0 Å². The van der Waals surface area contributed by atoms with Gasteiger partial charge in [0.15, 0.2) is 0 Å². The molecule has 0 saturated heterocycles.